The van der Waals surface area contributed by atoms with Gasteiger partial charge in [0.05, 0.1) is 16.6 Å². The number of hydrogen-bond acceptors (Lipinski definition) is 5. The molecular weight excluding hydrogens is 330 g/mol. The monoisotopic (exact) mass is 345 g/mol. The fraction of sp³-hybridized carbons (Fsp3) is 0.100. The molecule has 0 saturated heterocycles. The van der Waals surface area contributed by atoms with E-state index in [1.165, 1.54) is 7.05 Å². The van der Waals surface area contributed by atoms with E-state index < -0.39 is 5.97 Å². The zero-order chi connectivity index (χ0) is 18.1. The zero-order valence-corrected chi connectivity index (χ0v) is 14.0. The molecule has 2 aromatic heterocycles. The van der Waals surface area contributed by atoms with Crippen molar-refractivity contribution in [2.24, 2.45) is 7.05 Å². The van der Waals surface area contributed by atoms with Gasteiger partial charge in [-0.15, -0.1) is 0 Å². The molecule has 6 heteroatoms. The number of ether oxygens (including phenoxy) is 1. The van der Waals surface area contributed by atoms with Crippen LogP contribution < -0.4 is 5.56 Å². The highest BCUT2D eigenvalue weighted by atomic mass is 16.5. The SMILES string of the molecule is Cn1nc(C(=O)OCc2ccc3ccccc3n2)c2ccccc2c1=O. The Labute approximate surface area is 148 Å². The lowest BCUT2D eigenvalue weighted by Crippen LogP contribution is -2.23. The number of hydrogen-bond donors (Lipinski definition) is 0. The van der Waals surface area contributed by atoms with Crippen molar-refractivity contribution in [2.45, 2.75) is 6.61 Å². The Bertz CT molecular complexity index is 1200. The van der Waals surface area contributed by atoms with Crippen LogP contribution in [0.15, 0.2) is 65.5 Å². The van der Waals surface area contributed by atoms with E-state index in [-0.39, 0.29) is 17.9 Å². The van der Waals surface area contributed by atoms with Gasteiger partial charge in [-0.05, 0) is 18.2 Å². The summed E-state index contributed by atoms with van der Waals surface area (Å²) in [6, 6.07) is 18.3. The first-order valence-electron chi connectivity index (χ1n) is 8.11. The molecule has 4 aromatic rings. The van der Waals surface area contributed by atoms with Gasteiger partial charge in [0.25, 0.3) is 5.56 Å². The Hall–Kier alpha value is -3.54. The first-order chi connectivity index (χ1) is 12.6. The highest BCUT2D eigenvalue weighted by molar-refractivity contribution is 6.02. The van der Waals surface area contributed by atoms with Crippen LogP contribution >= 0.6 is 0 Å². The molecule has 26 heavy (non-hydrogen) atoms. The molecule has 0 radical (unpaired) electrons. The lowest BCUT2D eigenvalue weighted by Gasteiger charge is -2.08. The van der Waals surface area contributed by atoms with Crippen LogP contribution in [-0.4, -0.2) is 20.7 Å². The normalized spacial score (nSPS) is 11.0. The van der Waals surface area contributed by atoms with E-state index in [1.807, 2.05) is 36.4 Å². The standard InChI is InChI=1S/C20H15N3O3/c1-23-19(24)16-8-4-3-7-15(16)18(22-23)20(25)26-12-14-11-10-13-6-2-5-9-17(13)21-14/h2-11H,12H2,1H3. The molecule has 0 N–H and O–H groups in total. The van der Waals surface area contributed by atoms with Gasteiger partial charge in [0, 0.05) is 17.8 Å². The van der Waals surface area contributed by atoms with Crippen LogP contribution in [0.4, 0.5) is 0 Å². The molecule has 2 heterocycles. The average Bonchev–Trinajstić information content (AvgIpc) is 2.68. The van der Waals surface area contributed by atoms with Crippen molar-refractivity contribution in [1.29, 1.82) is 0 Å². The molecule has 2 aromatic carbocycles. The number of carbonyl (C=O) groups excluding carboxylic acids is 1. The van der Waals surface area contributed by atoms with Crippen molar-refractivity contribution in [3.05, 3.63) is 82.4 Å². The van der Waals surface area contributed by atoms with Crippen molar-refractivity contribution < 1.29 is 9.53 Å². The third-order valence-electron chi connectivity index (χ3n) is 4.16. The van der Waals surface area contributed by atoms with Crippen molar-refractivity contribution in [3.8, 4) is 0 Å². The Balaban J connectivity index is 1.63. The summed E-state index contributed by atoms with van der Waals surface area (Å²) in [7, 11) is 1.51. The van der Waals surface area contributed by atoms with Crippen LogP contribution in [-0.2, 0) is 18.4 Å². The third kappa shape index (κ3) is 2.82. The van der Waals surface area contributed by atoms with E-state index in [0.717, 1.165) is 15.6 Å². The van der Waals surface area contributed by atoms with E-state index in [0.29, 0.717) is 16.5 Å². The number of fused-ring (bicyclic) bond motifs is 2. The Kier molecular flexibility index (Phi) is 3.93. The topological polar surface area (TPSA) is 74.1 Å². The molecule has 0 spiro atoms. The predicted molar refractivity (Wildman–Crippen MR) is 97.8 cm³/mol. The summed E-state index contributed by atoms with van der Waals surface area (Å²) in [5.41, 5.74) is 1.34. The largest absolute Gasteiger partial charge is 0.454 e. The number of para-hydroxylation sites is 1. The minimum absolute atomic E-state index is 0.0303. The number of pyridine rings is 1. The second-order valence-corrected chi connectivity index (χ2v) is 5.89. The number of rotatable bonds is 3. The zero-order valence-electron chi connectivity index (χ0n) is 14.0. The predicted octanol–water partition coefficient (Wildman–Crippen LogP) is 2.84. The summed E-state index contributed by atoms with van der Waals surface area (Å²) in [6.45, 7) is 0.0303. The van der Waals surface area contributed by atoms with Crippen LogP contribution in [0.25, 0.3) is 21.7 Å². The van der Waals surface area contributed by atoms with Gasteiger partial charge in [0.15, 0.2) is 5.69 Å². The van der Waals surface area contributed by atoms with Crippen LogP contribution in [0.3, 0.4) is 0 Å². The molecule has 0 saturated carbocycles. The summed E-state index contributed by atoms with van der Waals surface area (Å²) in [5, 5.41) is 6.00. The van der Waals surface area contributed by atoms with Crippen molar-refractivity contribution in [1.82, 2.24) is 14.8 Å². The molecule has 0 unspecified atom stereocenters. The van der Waals surface area contributed by atoms with E-state index in [1.54, 1.807) is 24.3 Å². The summed E-state index contributed by atoms with van der Waals surface area (Å²) in [4.78, 5) is 29.2. The van der Waals surface area contributed by atoms with Gasteiger partial charge in [0.2, 0.25) is 0 Å². The van der Waals surface area contributed by atoms with Gasteiger partial charge in [0.1, 0.15) is 6.61 Å². The number of aromatic nitrogens is 3. The molecule has 0 atom stereocenters. The van der Waals surface area contributed by atoms with Crippen molar-refractivity contribution in [3.63, 3.8) is 0 Å². The van der Waals surface area contributed by atoms with E-state index in [2.05, 4.69) is 10.1 Å². The fourth-order valence-corrected chi connectivity index (χ4v) is 2.85. The minimum atomic E-state index is -0.591. The maximum absolute atomic E-state index is 12.5. The van der Waals surface area contributed by atoms with E-state index in [4.69, 9.17) is 4.74 Å². The second-order valence-electron chi connectivity index (χ2n) is 5.89. The highest BCUT2D eigenvalue weighted by Gasteiger charge is 2.17. The first-order valence-corrected chi connectivity index (χ1v) is 8.11. The summed E-state index contributed by atoms with van der Waals surface area (Å²) in [6.07, 6.45) is 0. The Morgan fingerprint density at radius 1 is 1.00 bits per heavy atom. The molecule has 4 rings (SSSR count). The van der Waals surface area contributed by atoms with Crippen molar-refractivity contribution >= 4 is 27.6 Å². The molecule has 0 aliphatic carbocycles. The summed E-state index contributed by atoms with van der Waals surface area (Å²) in [5.74, 6) is -0.591. The molecule has 0 bridgehead atoms. The Morgan fingerprint density at radius 3 is 2.58 bits per heavy atom. The van der Waals surface area contributed by atoms with Gasteiger partial charge in [-0.1, -0.05) is 42.5 Å². The quantitative estimate of drug-likeness (QED) is 0.534. The fourth-order valence-electron chi connectivity index (χ4n) is 2.85. The number of aryl methyl sites for hydroxylation is 1. The smallest absolute Gasteiger partial charge is 0.359 e. The highest BCUT2D eigenvalue weighted by Crippen LogP contribution is 2.16. The first kappa shape index (κ1) is 16.0. The van der Waals surface area contributed by atoms with Gasteiger partial charge in [-0.3, -0.25) is 4.79 Å². The second kappa shape index (κ2) is 6.40. The van der Waals surface area contributed by atoms with Gasteiger partial charge >= 0.3 is 5.97 Å². The molecule has 0 fully saturated rings. The lowest BCUT2D eigenvalue weighted by atomic mass is 10.1. The summed E-state index contributed by atoms with van der Waals surface area (Å²) >= 11 is 0. The van der Waals surface area contributed by atoms with Crippen LogP contribution in [0.2, 0.25) is 0 Å². The van der Waals surface area contributed by atoms with Gasteiger partial charge in [-0.25, -0.2) is 14.5 Å². The third-order valence-corrected chi connectivity index (χ3v) is 4.16. The van der Waals surface area contributed by atoms with Crippen LogP contribution in [0.5, 0.6) is 0 Å². The molecule has 128 valence electrons. The maximum Gasteiger partial charge on any atom is 0.359 e. The average molecular weight is 345 g/mol. The molecule has 0 aliphatic rings. The maximum atomic E-state index is 12.5. The number of esters is 1. The number of nitrogens with zero attached hydrogens (tertiary/aromatic N) is 3. The molecule has 0 amide bonds. The summed E-state index contributed by atoms with van der Waals surface area (Å²) < 4.78 is 6.53. The van der Waals surface area contributed by atoms with Gasteiger partial charge in [-0.2, -0.15) is 5.10 Å². The molecular formula is C20H15N3O3. The van der Waals surface area contributed by atoms with E-state index >= 15 is 0 Å². The Morgan fingerprint density at radius 2 is 1.73 bits per heavy atom. The van der Waals surface area contributed by atoms with E-state index in [9.17, 15) is 9.59 Å². The van der Waals surface area contributed by atoms with Gasteiger partial charge < -0.3 is 4.74 Å². The van der Waals surface area contributed by atoms with Crippen molar-refractivity contribution in [2.75, 3.05) is 0 Å². The lowest BCUT2D eigenvalue weighted by molar-refractivity contribution is 0.0461. The number of benzene rings is 2. The molecule has 0 aliphatic heterocycles. The van der Waals surface area contributed by atoms with Crippen LogP contribution in [0.1, 0.15) is 16.2 Å². The molecule has 6 nitrogen and oxygen atoms in total. The minimum Gasteiger partial charge on any atom is -0.454 e. The van der Waals surface area contributed by atoms with Crippen LogP contribution in [0, 0.1) is 0 Å². The number of carbonyl (C=O) groups is 1.